The molecule has 50 valence electrons. The van der Waals surface area contributed by atoms with Crippen molar-refractivity contribution in [1.29, 1.82) is 5.26 Å². The summed E-state index contributed by atoms with van der Waals surface area (Å²) < 4.78 is 0. The van der Waals surface area contributed by atoms with Crippen molar-refractivity contribution in [1.82, 2.24) is 4.98 Å². The first kappa shape index (κ1) is 6.84. The number of nitrogen functional groups attached to an aromatic ring is 1. The summed E-state index contributed by atoms with van der Waals surface area (Å²) in [5.41, 5.74) is 5.99. The maximum Gasteiger partial charge on any atom is 0.102 e. The maximum absolute atomic E-state index is 8.41. The van der Waals surface area contributed by atoms with E-state index in [0.717, 1.165) is 0 Å². The maximum atomic E-state index is 8.41. The van der Waals surface area contributed by atoms with Gasteiger partial charge in [-0.25, -0.2) is 0 Å². The van der Waals surface area contributed by atoms with Crippen LogP contribution >= 0.6 is 11.6 Å². The summed E-state index contributed by atoms with van der Waals surface area (Å²) in [7, 11) is 0. The van der Waals surface area contributed by atoms with E-state index >= 15 is 0 Å². The molecule has 2 N–H and O–H groups in total. The van der Waals surface area contributed by atoms with Gasteiger partial charge in [0.15, 0.2) is 0 Å². The highest BCUT2D eigenvalue weighted by molar-refractivity contribution is 6.34. The molecule has 1 rings (SSSR count). The Labute approximate surface area is 63.1 Å². The summed E-state index contributed by atoms with van der Waals surface area (Å²) in [6.45, 7) is 0. The Kier molecular flexibility index (Phi) is 1.74. The average Bonchev–Trinajstić information content (AvgIpc) is 1.95. The van der Waals surface area contributed by atoms with Gasteiger partial charge in [-0.2, -0.15) is 5.26 Å². The van der Waals surface area contributed by atoms with E-state index in [1.165, 1.54) is 12.4 Å². The van der Waals surface area contributed by atoms with E-state index < -0.39 is 0 Å². The highest BCUT2D eigenvalue weighted by Crippen LogP contribution is 2.20. The van der Waals surface area contributed by atoms with Crippen molar-refractivity contribution in [3.63, 3.8) is 0 Å². The number of pyridine rings is 1. The first-order valence-corrected chi connectivity index (χ1v) is 2.92. The topological polar surface area (TPSA) is 62.7 Å². The lowest BCUT2D eigenvalue weighted by molar-refractivity contribution is 1.31. The van der Waals surface area contributed by atoms with Crippen LogP contribution in [0.5, 0.6) is 0 Å². The minimum absolute atomic E-state index is 0.275. The fraction of sp³-hybridized carbons (Fsp3) is 0. The normalized spacial score (nSPS) is 8.80. The average molecular weight is 154 g/mol. The Morgan fingerprint density at radius 2 is 2.30 bits per heavy atom. The Bertz CT molecular complexity index is 290. The number of aromatic nitrogens is 1. The molecule has 0 saturated carbocycles. The van der Waals surface area contributed by atoms with Gasteiger partial charge in [0.05, 0.1) is 22.5 Å². The first-order chi connectivity index (χ1) is 4.75. The summed E-state index contributed by atoms with van der Waals surface area (Å²) >= 11 is 5.61. The Hall–Kier alpha value is -1.27. The molecule has 3 nitrogen and oxygen atoms in total. The molecule has 0 aliphatic heterocycles. The molecule has 1 aromatic heterocycles. The molecule has 4 heteroatoms. The standard InChI is InChI=1S/C6H4ClN3/c7-6-4(1-8)2-10-3-5(6)9/h2-3H,9H2. The summed E-state index contributed by atoms with van der Waals surface area (Å²) in [6, 6.07) is 1.86. The van der Waals surface area contributed by atoms with Crippen LogP contribution in [0.25, 0.3) is 0 Å². The Balaban J connectivity index is 3.31. The summed E-state index contributed by atoms with van der Waals surface area (Å²) in [6.07, 6.45) is 2.78. The zero-order chi connectivity index (χ0) is 7.56. The third-order valence-corrected chi connectivity index (χ3v) is 1.45. The van der Waals surface area contributed by atoms with Crippen molar-refractivity contribution in [2.24, 2.45) is 0 Å². The van der Waals surface area contributed by atoms with Crippen molar-refractivity contribution < 1.29 is 0 Å². The minimum Gasteiger partial charge on any atom is -0.396 e. The van der Waals surface area contributed by atoms with E-state index in [4.69, 9.17) is 22.6 Å². The molecule has 0 fully saturated rings. The molecule has 0 unspecified atom stereocenters. The van der Waals surface area contributed by atoms with Crippen LogP contribution in [-0.4, -0.2) is 4.98 Å². The van der Waals surface area contributed by atoms with Gasteiger partial charge in [-0.05, 0) is 0 Å². The van der Waals surface area contributed by atoms with Gasteiger partial charge < -0.3 is 5.73 Å². The molecule has 0 aliphatic carbocycles. The quantitative estimate of drug-likeness (QED) is 0.609. The second kappa shape index (κ2) is 2.54. The van der Waals surface area contributed by atoms with Gasteiger partial charge in [0.2, 0.25) is 0 Å². The van der Waals surface area contributed by atoms with Gasteiger partial charge in [0.25, 0.3) is 0 Å². The van der Waals surface area contributed by atoms with Gasteiger partial charge >= 0.3 is 0 Å². The van der Waals surface area contributed by atoms with E-state index in [0.29, 0.717) is 11.3 Å². The van der Waals surface area contributed by atoms with Gasteiger partial charge in [-0.15, -0.1) is 0 Å². The predicted molar refractivity (Wildman–Crippen MR) is 38.4 cm³/mol. The van der Waals surface area contributed by atoms with Gasteiger partial charge in [0.1, 0.15) is 6.07 Å². The van der Waals surface area contributed by atoms with E-state index in [2.05, 4.69) is 4.98 Å². The fourth-order valence-electron chi connectivity index (χ4n) is 0.539. The van der Waals surface area contributed by atoms with Crippen molar-refractivity contribution in [2.75, 3.05) is 5.73 Å². The molecule has 0 aromatic carbocycles. The Morgan fingerprint density at radius 3 is 2.80 bits per heavy atom. The molecule has 1 heterocycles. The number of hydrogen-bond acceptors (Lipinski definition) is 3. The van der Waals surface area contributed by atoms with Crippen LogP contribution in [0, 0.1) is 11.3 Å². The summed E-state index contributed by atoms with van der Waals surface area (Å²) in [5.74, 6) is 0. The third-order valence-electron chi connectivity index (χ3n) is 1.03. The molecule has 1 aromatic rings. The number of halogens is 1. The van der Waals surface area contributed by atoms with Gasteiger partial charge in [-0.1, -0.05) is 11.6 Å². The highest BCUT2D eigenvalue weighted by Gasteiger charge is 2.01. The molecule has 0 atom stereocenters. The minimum atomic E-state index is 0.275. The molecule has 10 heavy (non-hydrogen) atoms. The lowest BCUT2D eigenvalue weighted by atomic mass is 10.3. The van der Waals surface area contributed by atoms with Crippen molar-refractivity contribution in [3.05, 3.63) is 23.0 Å². The van der Waals surface area contributed by atoms with E-state index in [-0.39, 0.29) is 5.02 Å². The van der Waals surface area contributed by atoms with Crippen molar-refractivity contribution in [2.45, 2.75) is 0 Å². The summed E-state index contributed by atoms with van der Waals surface area (Å²) in [5, 5.41) is 8.69. The number of nitrogens with two attached hydrogens (primary N) is 1. The lowest BCUT2D eigenvalue weighted by Gasteiger charge is -1.95. The molecule has 0 aliphatic rings. The van der Waals surface area contributed by atoms with Crippen LogP contribution in [-0.2, 0) is 0 Å². The van der Waals surface area contributed by atoms with Crippen LogP contribution in [0.15, 0.2) is 12.4 Å². The third kappa shape index (κ3) is 1.02. The first-order valence-electron chi connectivity index (χ1n) is 2.55. The zero-order valence-corrected chi connectivity index (χ0v) is 5.76. The smallest absolute Gasteiger partial charge is 0.102 e. The lowest BCUT2D eigenvalue weighted by Crippen LogP contribution is -1.89. The van der Waals surface area contributed by atoms with Crippen LogP contribution in [0.4, 0.5) is 5.69 Å². The second-order valence-corrected chi connectivity index (χ2v) is 2.08. The highest BCUT2D eigenvalue weighted by atomic mass is 35.5. The Morgan fingerprint density at radius 1 is 1.60 bits per heavy atom. The SMILES string of the molecule is N#Cc1cncc(N)c1Cl. The molecule has 0 radical (unpaired) electrons. The summed E-state index contributed by atoms with van der Waals surface area (Å²) in [4.78, 5) is 3.68. The van der Waals surface area contributed by atoms with E-state index in [1.54, 1.807) is 0 Å². The number of nitriles is 1. The second-order valence-electron chi connectivity index (χ2n) is 1.70. The number of rotatable bonds is 0. The van der Waals surface area contributed by atoms with Crippen molar-refractivity contribution in [3.8, 4) is 6.07 Å². The zero-order valence-electron chi connectivity index (χ0n) is 5.00. The molecular weight excluding hydrogens is 150 g/mol. The number of hydrogen-bond donors (Lipinski definition) is 1. The van der Waals surface area contributed by atoms with Crippen molar-refractivity contribution >= 4 is 17.3 Å². The molecular formula is C6H4ClN3. The van der Waals surface area contributed by atoms with Crippen LogP contribution in [0.3, 0.4) is 0 Å². The number of anilines is 1. The van der Waals surface area contributed by atoms with Gasteiger partial charge in [-0.3, -0.25) is 4.98 Å². The largest absolute Gasteiger partial charge is 0.396 e. The fourth-order valence-corrected chi connectivity index (χ4v) is 0.679. The molecule has 0 bridgehead atoms. The molecule has 0 amide bonds. The van der Waals surface area contributed by atoms with Crippen LogP contribution < -0.4 is 5.73 Å². The number of nitrogens with zero attached hydrogens (tertiary/aromatic N) is 2. The van der Waals surface area contributed by atoms with Gasteiger partial charge in [0, 0.05) is 6.20 Å². The van der Waals surface area contributed by atoms with Crippen LogP contribution in [0.1, 0.15) is 5.56 Å². The molecule has 0 saturated heterocycles. The van der Waals surface area contributed by atoms with E-state index in [9.17, 15) is 0 Å². The van der Waals surface area contributed by atoms with E-state index in [1.807, 2.05) is 6.07 Å². The molecule has 0 spiro atoms. The monoisotopic (exact) mass is 153 g/mol. The predicted octanol–water partition coefficient (Wildman–Crippen LogP) is 1.19. The van der Waals surface area contributed by atoms with Crippen LogP contribution in [0.2, 0.25) is 5.02 Å².